The number of carbonyl (C=O) groups is 3. The van der Waals surface area contributed by atoms with E-state index in [2.05, 4.69) is 39.8 Å². The fraction of sp³-hybridized carbons (Fsp3) is 0.375. The van der Waals surface area contributed by atoms with Crippen molar-refractivity contribution in [2.45, 2.75) is 38.3 Å². The first kappa shape index (κ1) is 21.1. The van der Waals surface area contributed by atoms with E-state index in [9.17, 15) is 14.4 Å². The van der Waals surface area contributed by atoms with E-state index in [1.807, 2.05) is 6.07 Å². The summed E-state index contributed by atoms with van der Waals surface area (Å²) in [4.78, 5) is 38.7. The van der Waals surface area contributed by atoms with Crippen LogP contribution in [0.25, 0.3) is 0 Å². The van der Waals surface area contributed by atoms with Gasteiger partial charge in [-0.05, 0) is 36.6 Å². The number of anilines is 1. The van der Waals surface area contributed by atoms with Gasteiger partial charge in [-0.1, -0.05) is 30.3 Å². The number of carbonyl (C=O) groups excluding carboxylic acids is 3. The van der Waals surface area contributed by atoms with Crippen LogP contribution in [-0.4, -0.2) is 48.2 Å². The van der Waals surface area contributed by atoms with Crippen LogP contribution >= 0.6 is 0 Å². The number of rotatable bonds is 7. The van der Waals surface area contributed by atoms with Crippen molar-refractivity contribution in [3.05, 3.63) is 59.7 Å². The molecule has 0 aromatic heterocycles. The number of hydrogen-bond acceptors (Lipinski definition) is 5. The standard InChI is InChI=1S/C24H27N3O4/c28-21(18-6-8-22-20(14-18)26-24(30)16-31-22)7-9-23(29)25-19-10-12-27(13-11-19)15-17-4-2-1-3-5-17/h1-6,8,14,19H,7,9-13,15-16H2,(H,25,29)(H,26,30). The van der Waals surface area contributed by atoms with Gasteiger partial charge >= 0.3 is 0 Å². The summed E-state index contributed by atoms with van der Waals surface area (Å²) in [5, 5.41) is 5.76. The quantitative estimate of drug-likeness (QED) is 0.672. The largest absolute Gasteiger partial charge is 0.482 e. The lowest BCUT2D eigenvalue weighted by Gasteiger charge is -2.32. The van der Waals surface area contributed by atoms with Gasteiger partial charge in [0.05, 0.1) is 5.69 Å². The Morgan fingerprint density at radius 1 is 1.06 bits per heavy atom. The molecule has 2 heterocycles. The number of Topliss-reactive ketones (excluding diaryl/α,β-unsaturated/α-hetero) is 1. The van der Waals surface area contributed by atoms with Gasteiger partial charge in [-0.15, -0.1) is 0 Å². The van der Waals surface area contributed by atoms with E-state index in [1.165, 1.54) is 5.56 Å². The molecule has 2 aromatic rings. The Morgan fingerprint density at radius 3 is 2.61 bits per heavy atom. The van der Waals surface area contributed by atoms with Crippen molar-refractivity contribution in [1.29, 1.82) is 0 Å². The zero-order valence-corrected chi connectivity index (χ0v) is 17.4. The zero-order chi connectivity index (χ0) is 21.6. The molecule has 2 aromatic carbocycles. The van der Waals surface area contributed by atoms with Gasteiger partial charge in [-0.25, -0.2) is 0 Å². The fourth-order valence-electron chi connectivity index (χ4n) is 4.00. The highest BCUT2D eigenvalue weighted by atomic mass is 16.5. The average Bonchev–Trinajstić information content (AvgIpc) is 2.79. The van der Waals surface area contributed by atoms with Crippen LogP contribution in [0.3, 0.4) is 0 Å². The summed E-state index contributed by atoms with van der Waals surface area (Å²) in [7, 11) is 0. The Bertz CT molecular complexity index is 953. The summed E-state index contributed by atoms with van der Waals surface area (Å²) in [6, 6.07) is 15.5. The zero-order valence-electron chi connectivity index (χ0n) is 17.4. The molecule has 0 saturated carbocycles. The van der Waals surface area contributed by atoms with Crippen LogP contribution in [0.4, 0.5) is 5.69 Å². The number of amides is 2. The number of nitrogens with one attached hydrogen (secondary N) is 2. The number of ketones is 1. The Kier molecular flexibility index (Phi) is 6.62. The van der Waals surface area contributed by atoms with Gasteiger partial charge in [-0.3, -0.25) is 19.3 Å². The van der Waals surface area contributed by atoms with E-state index >= 15 is 0 Å². The molecule has 0 aliphatic carbocycles. The Balaban J connectivity index is 1.20. The molecular formula is C24H27N3O4. The molecule has 0 radical (unpaired) electrons. The predicted octanol–water partition coefficient (Wildman–Crippen LogP) is 2.76. The van der Waals surface area contributed by atoms with Crippen molar-refractivity contribution in [3.8, 4) is 5.75 Å². The molecule has 31 heavy (non-hydrogen) atoms. The first-order chi connectivity index (χ1) is 15.1. The lowest BCUT2D eigenvalue weighted by Crippen LogP contribution is -2.44. The Hall–Kier alpha value is -3.19. The van der Waals surface area contributed by atoms with E-state index in [0.717, 1.165) is 32.5 Å². The molecule has 7 nitrogen and oxygen atoms in total. The van der Waals surface area contributed by atoms with E-state index < -0.39 is 0 Å². The summed E-state index contributed by atoms with van der Waals surface area (Å²) in [5.74, 6) is 0.0821. The minimum Gasteiger partial charge on any atom is -0.482 e. The maximum absolute atomic E-state index is 12.5. The lowest BCUT2D eigenvalue weighted by molar-refractivity contribution is -0.122. The van der Waals surface area contributed by atoms with Gasteiger partial charge in [0, 0.05) is 44.1 Å². The third kappa shape index (κ3) is 5.70. The Labute approximate surface area is 181 Å². The van der Waals surface area contributed by atoms with Crippen LogP contribution in [0.1, 0.15) is 41.6 Å². The van der Waals surface area contributed by atoms with Gasteiger partial charge in [0.2, 0.25) is 5.91 Å². The normalized spacial score (nSPS) is 16.7. The molecule has 0 bridgehead atoms. The van der Waals surface area contributed by atoms with E-state index in [1.54, 1.807) is 18.2 Å². The molecule has 1 fully saturated rings. The van der Waals surface area contributed by atoms with Gasteiger partial charge in [-0.2, -0.15) is 0 Å². The number of benzene rings is 2. The van der Waals surface area contributed by atoms with Crippen LogP contribution in [0.2, 0.25) is 0 Å². The number of nitrogens with zero attached hydrogens (tertiary/aromatic N) is 1. The minimum absolute atomic E-state index is 0.0222. The summed E-state index contributed by atoms with van der Waals surface area (Å²) in [6.07, 6.45) is 2.11. The fourth-order valence-corrected chi connectivity index (χ4v) is 4.00. The van der Waals surface area contributed by atoms with Crippen molar-refractivity contribution in [1.82, 2.24) is 10.2 Å². The molecule has 0 unspecified atom stereocenters. The van der Waals surface area contributed by atoms with Gasteiger partial charge in [0.15, 0.2) is 12.4 Å². The molecule has 1 saturated heterocycles. The number of fused-ring (bicyclic) bond motifs is 1. The third-order valence-electron chi connectivity index (χ3n) is 5.72. The van der Waals surface area contributed by atoms with Gasteiger partial charge in [0.25, 0.3) is 5.91 Å². The highest BCUT2D eigenvalue weighted by Crippen LogP contribution is 2.29. The third-order valence-corrected chi connectivity index (χ3v) is 5.72. The van der Waals surface area contributed by atoms with Crippen LogP contribution in [0.5, 0.6) is 5.75 Å². The maximum atomic E-state index is 12.5. The van der Waals surface area contributed by atoms with Crippen molar-refractivity contribution in [3.63, 3.8) is 0 Å². The van der Waals surface area contributed by atoms with E-state index in [0.29, 0.717) is 17.0 Å². The van der Waals surface area contributed by atoms with Crippen molar-refractivity contribution < 1.29 is 19.1 Å². The number of likely N-dealkylation sites (tertiary alicyclic amines) is 1. The number of hydrogen-bond donors (Lipinski definition) is 2. The molecule has 0 atom stereocenters. The second-order valence-electron chi connectivity index (χ2n) is 8.07. The van der Waals surface area contributed by atoms with Crippen LogP contribution in [0, 0.1) is 0 Å². The maximum Gasteiger partial charge on any atom is 0.262 e. The molecular weight excluding hydrogens is 394 g/mol. The molecule has 2 amide bonds. The monoisotopic (exact) mass is 421 g/mol. The minimum atomic E-state index is -0.244. The topological polar surface area (TPSA) is 87.7 Å². The SMILES string of the molecule is O=C1COc2ccc(C(=O)CCC(=O)NC3CCN(Cc4ccccc4)CC3)cc2N1. The molecule has 2 N–H and O–H groups in total. The van der Waals surface area contributed by atoms with E-state index in [4.69, 9.17) is 4.74 Å². The van der Waals surface area contributed by atoms with Crippen LogP contribution in [-0.2, 0) is 16.1 Å². The summed E-state index contributed by atoms with van der Waals surface area (Å²) < 4.78 is 5.30. The molecule has 2 aliphatic heterocycles. The molecule has 4 rings (SSSR count). The molecule has 0 spiro atoms. The van der Waals surface area contributed by atoms with Crippen LogP contribution < -0.4 is 15.4 Å². The summed E-state index contributed by atoms with van der Waals surface area (Å²) in [5.41, 5.74) is 2.26. The molecule has 162 valence electrons. The van der Waals surface area contributed by atoms with Crippen molar-refractivity contribution in [2.75, 3.05) is 25.0 Å². The first-order valence-electron chi connectivity index (χ1n) is 10.7. The van der Waals surface area contributed by atoms with Crippen LogP contribution in [0.15, 0.2) is 48.5 Å². The smallest absolute Gasteiger partial charge is 0.262 e. The van der Waals surface area contributed by atoms with Gasteiger partial charge < -0.3 is 15.4 Å². The highest BCUT2D eigenvalue weighted by Gasteiger charge is 2.22. The second kappa shape index (κ2) is 9.75. The second-order valence-corrected chi connectivity index (χ2v) is 8.07. The first-order valence-corrected chi connectivity index (χ1v) is 10.7. The van der Waals surface area contributed by atoms with Crippen molar-refractivity contribution in [2.24, 2.45) is 0 Å². The number of piperidine rings is 1. The number of ether oxygens (including phenoxy) is 1. The van der Waals surface area contributed by atoms with E-state index in [-0.39, 0.29) is 43.1 Å². The Morgan fingerprint density at radius 2 is 1.84 bits per heavy atom. The summed E-state index contributed by atoms with van der Waals surface area (Å²) in [6.45, 7) is 2.80. The van der Waals surface area contributed by atoms with Crippen molar-refractivity contribution >= 4 is 23.3 Å². The molecule has 2 aliphatic rings. The summed E-state index contributed by atoms with van der Waals surface area (Å²) >= 11 is 0. The average molecular weight is 421 g/mol. The highest BCUT2D eigenvalue weighted by molar-refractivity contribution is 6.01. The van der Waals surface area contributed by atoms with Gasteiger partial charge in [0.1, 0.15) is 5.75 Å². The predicted molar refractivity (Wildman–Crippen MR) is 117 cm³/mol. The lowest BCUT2D eigenvalue weighted by atomic mass is 10.0. The molecule has 7 heteroatoms.